The zero-order valence-corrected chi connectivity index (χ0v) is 11.7. The highest BCUT2D eigenvalue weighted by Crippen LogP contribution is 2.31. The molecule has 0 radical (unpaired) electrons. The van der Waals surface area contributed by atoms with E-state index < -0.39 is 0 Å². The van der Waals surface area contributed by atoms with E-state index in [1.807, 2.05) is 0 Å². The molecule has 0 rings (SSSR count). The number of hydrogen-bond donors (Lipinski definition) is 0. The molecular formula is C11H25PS. The van der Waals surface area contributed by atoms with E-state index in [9.17, 15) is 0 Å². The van der Waals surface area contributed by atoms with Crippen molar-refractivity contribution in [2.75, 3.05) is 5.75 Å². The third-order valence-electron chi connectivity index (χ3n) is 2.14. The summed E-state index contributed by atoms with van der Waals surface area (Å²) in [5.41, 5.74) is 0.514. The van der Waals surface area contributed by atoms with E-state index in [1.165, 1.54) is 18.6 Å². The summed E-state index contributed by atoms with van der Waals surface area (Å²) in [6, 6.07) is 0. The molecule has 0 aromatic heterocycles. The molecule has 2 heteroatoms. The highest BCUT2D eigenvalue weighted by molar-refractivity contribution is 8.03. The minimum absolute atomic E-state index is 0.514. The minimum Gasteiger partial charge on any atom is -0.154 e. The lowest BCUT2D eigenvalue weighted by atomic mass is 9.87. The smallest absolute Gasteiger partial charge is 0.0162 e. The fourth-order valence-corrected chi connectivity index (χ4v) is 2.26. The third-order valence-corrected chi connectivity index (χ3v) is 4.19. The lowest BCUT2D eigenvalue weighted by Crippen LogP contribution is -2.16. The van der Waals surface area contributed by atoms with E-state index >= 15 is 0 Å². The van der Waals surface area contributed by atoms with Crippen LogP contribution < -0.4 is 0 Å². The maximum atomic E-state index is 2.85. The Hall–Kier alpha value is 0.780. The van der Waals surface area contributed by atoms with Gasteiger partial charge in [-0.25, -0.2) is 0 Å². The largest absolute Gasteiger partial charge is 0.154 e. The van der Waals surface area contributed by atoms with Crippen molar-refractivity contribution < 1.29 is 0 Å². The zero-order valence-electron chi connectivity index (χ0n) is 9.76. The van der Waals surface area contributed by atoms with Crippen molar-refractivity contribution in [2.45, 2.75) is 52.5 Å². The van der Waals surface area contributed by atoms with Gasteiger partial charge in [0, 0.05) is 4.99 Å². The first-order valence-electron chi connectivity index (χ1n) is 5.21. The van der Waals surface area contributed by atoms with E-state index in [0.717, 1.165) is 5.92 Å². The predicted octanol–water partition coefficient (Wildman–Crippen LogP) is 4.40. The first-order chi connectivity index (χ1) is 5.83. The Bertz CT molecular complexity index is 116. The minimum atomic E-state index is 0.514. The summed E-state index contributed by atoms with van der Waals surface area (Å²) in [4.78, 5) is 0.693. The van der Waals surface area contributed by atoms with Crippen molar-refractivity contribution in [1.82, 2.24) is 0 Å². The van der Waals surface area contributed by atoms with Crippen LogP contribution >= 0.6 is 21.0 Å². The second kappa shape index (κ2) is 6.30. The zero-order chi connectivity index (χ0) is 10.5. The first-order valence-corrected chi connectivity index (χ1v) is 6.92. The Morgan fingerprint density at radius 2 is 1.77 bits per heavy atom. The van der Waals surface area contributed by atoms with Gasteiger partial charge >= 0.3 is 0 Å². The Kier molecular flexibility index (Phi) is 6.68. The van der Waals surface area contributed by atoms with Gasteiger partial charge in [-0.15, -0.1) is 9.24 Å². The Morgan fingerprint density at radius 3 is 2.15 bits per heavy atom. The molecule has 0 bridgehead atoms. The van der Waals surface area contributed by atoms with Crippen LogP contribution in [0.4, 0.5) is 0 Å². The molecule has 0 aromatic carbocycles. The lowest BCUT2D eigenvalue weighted by Gasteiger charge is -2.25. The number of hydrogen-bond acceptors (Lipinski definition) is 1. The Balaban J connectivity index is 3.66. The molecule has 0 N–H and O–H groups in total. The summed E-state index contributed by atoms with van der Waals surface area (Å²) in [7, 11) is 2.85. The van der Waals surface area contributed by atoms with Crippen molar-refractivity contribution in [2.24, 2.45) is 11.3 Å². The fraction of sp³-hybridized carbons (Fsp3) is 1.00. The predicted molar refractivity (Wildman–Crippen MR) is 69.5 cm³/mol. The Labute approximate surface area is 90.8 Å². The van der Waals surface area contributed by atoms with Gasteiger partial charge in [-0.05, 0) is 30.4 Å². The van der Waals surface area contributed by atoms with Crippen LogP contribution in [0.3, 0.4) is 0 Å². The maximum absolute atomic E-state index is 2.85. The van der Waals surface area contributed by atoms with E-state index in [4.69, 9.17) is 0 Å². The first kappa shape index (κ1) is 13.8. The van der Waals surface area contributed by atoms with Crippen LogP contribution in [0.5, 0.6) is 0 Å². The number of rotatable bonds is 6. The van der Waals surface area contributed by atoms with E-state index in [1.54, 1.807) is 0 Å². The molecule has 0 nitrogen and oxygen atoms in total. The van der Waals surface area contributed by atoms with Crippen LogP contribution in [0, 0.1) is 11.3 Å². The highest BCUT2D eigenvalue weighted by atomic mass is 32.2. The molecule has 0 aromatic rings. The van der Waals surface area contributed by atoms with Crippen molar-refractivity contribution in [3.05, 3.63) is 0 Å². The van der Waals surface area contributed by atoms with Gasteiger partial charge in [0.05, 0.1) is 0 Å². The van der Waals surface area contributed by atoms with Gasteiger partial charge in [0.1, 0.15) is 0 Å². The van der Waals surface area contributed by atoms with Gasteiger partial charge in [0.15, 0.2) is 0 Å². The normalized spacial score (nSPS) is 15.0. The van der Waals surface area contributed by atoms with Crippen LogP contribution in [0.15, 0.2) is 0 Å². The monoisotopic (exact) mass is 220 g/mol. The van der Waals surface area contributed by atoms with Crippen LogP contribution in [0.1, 0.15) is 47.5 Å². The van der Waals surface area contributed by atoms with Crippen molar-refractivity contribution in [3.63, 3.8) is 0 Å². The second-order valence-corrected chi connectivity index (χ2v) is 7.96. The average Bonchev–Trinajstić information content (AvgIpc) is 1.98. The highest BCUT2D eigenvalue weighted by Gasteiger charge is 2.18. The average molecular weight is 220 g/mol. The third kappa shape index (κ3) is 9.09. The van der Waals surface area contributed by atoms with Crippen LogP contribution in [-0.2, 0) is 0 Å². The van der Waals surface area contributed by atoms with Crippen LogP contribution in [0.25, 0.3) is 0 Å². The van der Waals surface area contributed by atoms with Gasteiger partial charge in [-0.2, -0.15) is 11.8 Å². The summed E-state index contributed by atoms with van der Waals surface area (Å²) in [6.07, 6.45) is 2.72. The van der Waals surface area contributed by atoms with Gasteiger partial charge in [-0.3, -0.25) is 0 Å². The quantitative estimate of drug-likeness (QED) is 0.598. The topological polar surface area (TPSA) is 0 Å². The van der Waals surface area contributed by atoms with E-state index in [0.29, 0.717) is 10.4 Å². The molecule has 2 atom stereocenters. The summed E-state index contributed by atoms with van der Waals surface area (Å²) < 4.78 is 0. The summed E-state index contributed by atoms with van der Waals surface area (Å²) >= 11 is 2.05. The molecule has 0 aliphatic rings. The molecule has 0 fully saturated rings. The maximum Gasteiger partial charge on any atom is 0.0162 e. The molecule has 0 saturated heterocycles. The van der Waals surface area contributed by atoms with Gasteiger partial charge in [0.2, 0.25) is 0 Å². The van der Waals surface area contributed by atoms with E-state index in [-0.39, 0.29) is 0 Å². The molecule has 0 saturated carbocycles. The molecule has 2 unspecified atom stereocenters. The second-order valence-electron chi connectivity index (χ2n) is 5.11. The van der Waals surface area contributed by atoms with Gasteiger partial charge in [-0.1, -0.05) is 34.1 Å². The molecular weight excluding hydrogens is 195 g/mol. The molecule has 13 heavy (non-hydrogen) atoms. The van der Waals surface area contributed by atoms with Crippen LogP contribution in [-0.4, -0.2) is 10.7 Å². The number of thioether (sulfide) groups is 1. The summed E-state index contributed by atoms with van der Waals surface area (Å²) in [5, 5.41) is 0. The summed E-state index contributed by atoms with van der Waals surface area (Å²) in [6.45, 7) is 11.6. The molecule has 0 aliphatic heterocycles. The molecule has 0 aliphatic carbocycles. The standard InChI is InChI=1S/C11H25PS/c1-9(2)6-7-11(4,5)8-13-10(3)12/h9-10H,6-8,12H2,1-5H3. The lowest BCUT2D eigenvalue weighted by molar-refractivity contribution is 0.345. The molecule has 0 amide bonds. The van der Waals surface area contributed by atoms with Crippen molar-refractivity contribution >= 4 is 21.0 Å². The Morgan fingerprint density at radius 1 is 1.23 bits per heavy atom. The SMILES string of the molecule is CC(C)CCC(C)(C)CSC(C)P. The van der Waals surface area contributed by atoms with Gasteiger partial charge in [0.25, 0.3) is 0 Å². The van der Waals surface area contributed by atoms with Gasteiger partial charge < -0.3 is 0 Å². The fourth-order valence-electron chi connectivity index (χ4n) is 1.11. The molecule has 0 heterocycles. The van der Waals surface area contributed by atoms with Crippen molar-refractivity contribution in [1.29, 1.82) is 0 Å². The van der Waals surface area contributed by atoms with Crippen LogP contribution in [0.2, 0.25) is 0 Å². The molecule has 80 valence electrons. The van der Waals surface area contributed by atoms with Crippen molar-refractivity contribution in [3.8, 4) is 0 Å². The molecule has 0 spiro atoms. The van der Waals surface area contributed by atoms with E-state index in [2.05, 4.69) is 55.6 Å². The summed E-state index contributed by atoms with van der Waals surface area (Å²) in [5.74, 6) is 2.13.